The van der Waals surface area contributed by atoms with Gasteiger partial charge in [0, 0.05) is 0 Å². The van der Waals surface area contributed by atoms with Crippen LogP contribution in [-0.4, -0.2) is 12.3 Å². The number of rotatable bonds is 0. The van der Waals surface area contributed by atoms with Gasteiger partial charge in [-0.25, -0.2) is 0 Å². The molecule has 0 aromatic heterocycles. The Morgan fingerprint density at radius 1 is 2.00 bits per heavy atom. The minimum atomic E-state index is 0.347. The lowest BCUT2D eigenvalue weighted by atomic mass is 10.2. The van der Waals surface area contributed by atoms with Crippen LogP contribution in [0, 0.1) is 0 Å². The predicted octanol–water partition coefficient (Wildman–Crippen LogP) is 0.520. The number of nitrogens with one attached hydrogen (secondary N) is 1. The van der Waals surface area contributed by atoms with Crippen molar-refractivity contribution in [2.45, 2.75) is 13.0 Å². The molecule has 0 radical (unpaired) electrons. The Labute approximate surface area is 42.9 Å². The van der Waals surface area contributed by atoms with Gasteiger partial charge < -0.3 is 5.43 Å². The van der Waals surface area contributed by atoms with Crippen LogP contribution in [0.25, 0.3) is 0 Å². The highest BCUT2D eigenvalue weighted by Crippen LogP contribution is 1.99. The van der Waals surface area contributed by atoms with Crippen LogP contribution >= 0.6 is 0 Å². The van der Waals surface area contributed by atoms with E-state index in [1.165, 1.54) is 0 Å². The zero-order valence-corrected chi connectivity index (χ0v) is 4.31. The molecule has 0 spiro atoms. The summed E-state index contributed by atoms with van der Waals surface area (Å²) in [6.07, 6.45) is 1.74. The third kappa shape index (κ3) is 0.633. The van der Waals surface area contributed by atoms with E-state index in [9.17, 15) is 0 Å². The van der Waals surface area contributed by atoms with Gasteiger partial charge >= 0.3 is 0 Å². The van der Waals surface area contributed by atoms with Crippen molar-refractivity contribution in [3.63, 3.8) is 0 Å². The Morgan fingerprint density at radius 3 is 2.86 bits per heavy atom. The maximum Gasteiger partial charge on any atom is 0.0671 e. The fourth-order valence-electron chi connectivity index (χ4n) is 0.427. The molecule has 1 aliphatic rings. The SMILES string of the molecule is C=C1C=NNC1C. The lowest BCUT2D eigenvalue weighted by molar-refractivity contribution is 0.693. The average molecular weight is 96.1 g/mol. The van der Waals surface area contributed by atoms with Crippen LogP contribution < -0.4 is 5.43 Å². The molecule has 0 aromatic rings. The van der Waals surface area contributed by atoms with E-state index in [1.54, 1.807) is 6.21 Å². The van der Waals surface area contributed by atoms with E-state index in [0.29, 0.717) is 6.04 Å². The molecule has 38 valence electrons. The molecule has 1 aliphatic heterocycles. The fraction of sp³-hybridized carbons (Fsp3) is 0.400. The van der Waals surface area contributed by atoms with E-state index in [2.05, 4.69) is 17.1 Å². The Bertz CT molecular complexity index is 115. The summed E-state index contributed by atoms with van der Waals surface area (Å²) in [6, 6.07) is 0.347. The number of hydrogen-bond acceptors (Lipinski definition) is 2. The average Bonchev–Trinajstić information content (AvgIpc) is 1.91. The molecule has 0 bridgehead atoms. The number of nitrogens with zero attached hydrogens (tertiary/aromatic N) is 1. The highest BCUT2D eigenvalue weighted by atomic mass is 15.3. The van der Waals surface area contributed by atoms with Gasteiger partial charge in [-0.3, -0.25) is 0 Å². The van der Waals surface area contributed by atoms with E-state index in [0.717, 1.165) is 5.57 Å². The Kier molecular flexibility index (Phi) is 0.855. The third-order valence-electron chi connectivity index (χ3n) is 1.05. The van der Waals surface area contributed by atoms with Crippen LogP contribution in [0.15, 0.2) is 17.3 Å². The molecule has 0 amide bonds. The molecule has 2 heteroatoms. The minimum Gasteiger partial charge on any atom is -0.303 e. The lowest BCUT2D eigenvalue weighted by Crippen LogP contribution is -2.14. The van der Waals surface area contributed by atoms with Crippen LogP contribution in [0.2, 0.25) is 0 Å². The van der Waals surface area contributed by atoms with Crippen LogP contribution in [0.1, 0.15) is 6.92 Å². The van der Waals surface area contributed by atoms with Crippen molar-refractivity contribution in [1.29, 1.82) is 0 Å². The summed E-state index contributed by atoms with van der Waals surface area (Å²) in [6.45, 7) is 5.75. The number of hydrazone groups is 1. The van der Waals surface area contributed by atoms with E-state index in [1.807, 2.05) is 6.92 Å². The summed E-state index contributed by atoms with van der Waals surface area (Å²) >= 11 is 0. The topological polar surface area (TPSA) is 24.4 Å². The largest absolute Gasteiger partial charge is 0.303 e. The second-order valence-electron chi connectivity index (χ2n) is 1.68. The van der Waals surface area contributed by atoms with Crippen LogP contribution in [0.5, 0.6) is 0 Å². The molecule has 0 saturated carbocycles. The van der Waals surface area contributed by atoms with E-state index in [-0.39, 0.29) is 0 Å². The number of hydrogen-bond donors (Lipinski definition) is 1. The monoisotopic (exact) mass is 96.1 g/mol. The molecular formula is C5H8N2. The highest BCUT2D eigenvalue weighted by molar-refractivity contribution is 5.80. The van der Waals surface area contributed by atoms with Gasteiger partial charge in [0.05, 0.1) is 12.3 Å². The highest BCUT2D eigenvalue weighted by Gasteiger charge is 2.05. The normalized spacial score (nSPS) is 28.1. The molecule has 0 fully saturated rings. The van der Waals surface area contributed by atoms with Gasteiger partial charge in [-0.05, 0) is 12.5 Å². The minimum absolute atomic E-state index is 0.347. The maximum atomic E-state index is 3.77. The summed E-state index contributed by atoms with van der Waals surface area (Å²) in [4.78, 5) is 0. The van der Waals surface area contributed by atoms with Gasteiger partial charge in [0.1, 0.15) is 0 Å². The van der Waals surface area contributed by atoms with Crippen molar-refractivity contribution in [3.05, 3.63) is 12.2 Å². The standard InChI is InChI=1S/C5H8N2/c1-4-3-6-7-5(4)2/h3,5,7H,1H2,2H3. The Hall–Kier alpha value is -0.790. The van der Waals surface area contributed by atoms with Crippen molar-refractivity contribution in [3.8, 4) is 0 Å². The second-order valence-corrected chi connectivity index (χ2v) is 1.68. The van der Waals surface area contributed by atoms with Crippen LogP contribution in [0.3, 0.4) is 0 Å². The van der Waals surface area contributed by atoms with Crippen molar-refractivity contribution in [2.24, 2.45) is 5.10 Å². The third-order valence-corrected chi connectivity index (χ3v) is 1.05. The summed E-state index contributed by atoms with van der Waals surface area (Å²) < 4.78 is 0. The van der Waals surface area contributed by atoms with Gasteiger partial charge in [0.15, 0.2) is 0 Å². The smallest absolute Gasteiger partial charge is 0.0671 e. The Morgan fingerprint density at radius 2 is 2.71 bits per heavy atom. The zero-order valence-electron chi connectivity index (χ0n) is 4.31. The summed E-state index contributed by atoms with van der Waals surface area (Å²) in [5.41, 5.74) is 3.89. The van der Waals surface area contributed by atoms with Crippen LogP contribution in [-0.2, 0) is 0 Å². The summed E-state index contributed by atoms with van der Waals surface area (Å²) in [7, 11) is 0. The molecule has 1 unspecified atom stereocenters. The Balaban J connectivity index is 2.62. The van der Waals surface area contributed by atoms with Crippen molar-refractivity contribution >= 4 is 6.21 Å². The van der Waals surface area contributed by atoms with Gasteiger partial charge in [0.2, 0.25) is 0 Å². The molecule has 1 rings (SSSR count). The second kappa shape index (κ2) is 1.37. The first-order valence-electron chi connectivity index (χ1n) is 2.28. The fourth-order valence-corrected chi connectivity index (χ4v) is 0.427. The first kappa shape index (κ1) is 4.37. The molecule has 0 aromatic carbocycles. The molecule has 1 N–H and O–H groups in total. The predicted molar refractivity (Wildman–Crippen MR) is 30.2 cm³/mol. The van der Waals surface area contributed by atoms with Crippen molar-refractivity contribution < 1.29 is 0 Å². The van der Waals surface area contributed by atoms with Gasteiger partial charge in [0.25, 0.3) is 0 Å². The molecule has 1 atom stereocenters. The van der Waals surface area contributed by atoms with Gasteiger partial charge in [-0.1, -0.05) is 6.58 Å². The van der Waals surface area contributed by atoms with E-state index in [4.69, 9.17) is 0 Å². The zero-order chi connectivity index (χ0) is 5.28. The molecule has 7 heavy (non-hydrogen) atoms. The van der Waals surface area contributed by atoms with E-state index >= 15 is 0 Å². The van der Waals surface area contributed by atoms with Gasteiger partial charge in [-0.15, -0.1) is 0 Å². The summed E-state index contributed by atoms with van der Waals surface area (Å²) in [5.74, 6) is 0. The van der Waals surface area contributed by atoms with Gasteiger partial charge in [-0.2, -0.15) is 5.10 Å². The molecule has 2 nitrogen and oxygen atoms in total. The first-order chi connectivity index (χ1) is 3.30. The molecular weight excluding hydrogens is 88.1 g/mol. The molecule has 0 aliphatic carbocycles. The quantitative estimate of drug-likeness (QED) is 0.467. The van der Waals surface area contributed by atoms with Crippen molar-refractivity contribution in [2.75, 3.05) is 0 Å². The molecule has 1 heterocycles. The maximum absolute atomic E-state index is 3.77. The van der Waals surface area contributed by atoms with Crippen LogP contribution in [0.4, 0.5) is 0 Å². The lowest BCUT2D eigenvalue weighted by Gasteiger charge is -1.98. The van der Waals surface area contributed by atoms with Crippen molar-refractivity contribution in [1.82, 2.24) is 5.43 Å². The summed E-state index contributed by atoms with van der Waals surface area (Å²) in [5, 5.41) is 3.77. The first-order valence-corrected chi connectivity index (χ1v) is 2.28. The molecule has 0 saturated heterocycles. The van der Waals surface area contributed by atoms with E-state index < -0.39 is 0 Å².